The van der Waals surface area contributed by atoms with Crippen LogP contribution in [0.3, 0.4) is 0 Å². The van der Waals surface area contributed by atoms with E-state index in [1.54, 1.807) is 0 Å². The average Bonchev–Trinajstić information content (AvgIpc) is 3.07. The van der Waals surface area contributed by atoms with Gasteiger partial charge < -0.3 is 4.84 Å². The molecule has 0 aromatic heterocycles. The summed E-state index contributed by atoms with van der Waals surface area (Å²) in [7, 11) is 0. The molecule has 2 aliphatic rings. The van der Waals surface area contributed by atoms with Gasteiger partial charge in [-0.2, -0.15) is 0 Å². The highest BCUT2D eigenvalue weighted by Gasteiger charge is 2.57. The second kappa shape index (κ2) is 4.44. The summed E-state index contributed by atoms with van der Waals surface area (Å²) in [6.45, 7) is 1.99. The number of carbonyl (C=O) groups excluding carboxylic acids is 3. The fourth-order valence-corrected chi connectivity index (χ4v) is 2.66. The van der Waals surface area contributed by atoms with E-state index in [1.807, 2.05) is 37.3 Å². The predicted molar refractivity (Wildman–Crippen MR) is 69.1 cm³/mol. The van der Waals surface area contributed by atoms with E-state index in [2.05, 4.69) is 0 Å². The molecule has 20 heavy (non-hydrogen) atoms. The number of nitrogens with zero attached hydrogens (tertiary/aromatic N) is 1. The minimum atomic E-state index is -0.500. The average molecular weight is 273 g/mol. The summed E-state index contributed by atoms with van der Waals surface area (Å²) >= 11 is 0. The van der Waals surface area contributed by atoms with Crippen LogP contribution in [0.15, 0.2) is 30.3 Å². The minimum absolute atomic E-state index is 0.118. The van der Waals surface area contributed by atoms with Crippen LogP contribution in [-0.4, -0.2) is 22.8 Å². The van der Waals surface area contributed by atoms with E-state index in [-0.39, 0.29) is 24.2 Å². The first-order chi connectivity index (χ1) is 9.52. The normalized spacial score (nSPS) is 28.6. The zero-order valence-electron chi connectivity index (χ0n) is 11.2. The molecule has 0 bridgehead atoms. The van der Waals surface area contributed by atoms with Crippen LogP contribution in [0.1, 0.15) is 31.7 Å². The molecule has 2 fully saturated rings. The van der Waals surface area contributed by atoms with Gasteiger partial charge in [-0.25, -0.2) is 4.79 Å². The van der Waals surface area contributed by atoms with E-state index >= 15 is 0 Å². The molecule has 2 atom stereocenters. The molecule has 0 unspecified atom stereocenters. The first kappa shape index (κ1) is 12.8. The Morgan fingerprint density at radius 2 is 1.80 bits per heavy atom. The van der Waals surface area contributed by atoms with Gasteiger partial charge in [0.25, 0.3) is 11.8 Å². The monoisotopic (exact) mass is 273 g/mol. The van der Waals surface area contributed by atoms with E-state index in [0.29, 0.717) is 11.5 Å². The van der Waals surface area contributed by atoms with Crippen LogP contribution >= 0.6 is 0 Å². The van der Waals surface area contributed by atoms with E-state index in [1.165, 1.54) is 0 Å². The van der Waals surface area contributed by atoms with E-state index in [4.69, 9.17) is 4.84 Å². The van der Waals surface area contributed by atoms with Crippen molar-refractivity contribution in [2.75, 3.05) is 0 Å². The summed E-state index contributed by atoms with van der Waals surface area (Å²) in [5.74, 6) is -1.68. The molecule has 104 valence electrons. The van der Waals surface area contributed by atoms with Gasteiger partial charge in [0.05, 0.1) is 5.92 Å². The highest BCUT2D eigenvalue weighted by atomic mass is 16.7. The summed E-state index contributed by atoms with van der Waals surface area (Å²) in [5, 5.41) is 0.617. The molecule has 1 saturated heterocycles. The van der Waals surface area contributed by atoms with Crippen LogP contribution < -0.4 is 0 Å². The van der Waals surface area contributed by atoms with E-state index < -0.39 is 17.8 Å². The van der Waals surface area contributed by atoms with Crippen LogP contribution in [0, 0.1) is 5.92 Å². The second-order valence-corrected chi connectivity index (χ2v) is 5.53. The molecule has 5 heteroatoms. The van der Waals surface area contributed by atoms with Gasteiger partial charge in [0.15, 0.2) is 0 Å². The Hall–Kier alpha value is -2.17. The van der Waals surface area contributed by atoms with Crippen molar-refractivity contribution >= 4 is 17.8 Å². The Kier molecular flexibility index (Phi) is 2.85. The molecule has 1 aromatic carbocycles. The Morgan fingerprint density at radius 1 is 1.20 bits per heavy atom. The van der Waals surface area contributed by atoms with E-state index in [9.17, 15) is 14.4 Å². The van der Waals surface area contributed by atoms with Gasteiger partial charge in [-0.05, 0) is 12.0 Å². The summed E-state index contributed by atoms with van der Waals surface area (Å²) < 4.78 is 0. The first-order valence-corrected chi connectivity index (χ1v) is 6.65. The third-order valence-corrected chi connectivity index (χ3v) is 4.14. The molecule has 0 radical (unpaired) electrons. The molecule has 3 rings (SSSR count). The van der Waals surface area contributed by atoms with Crippen LogP contribution in [0.2, 0.25) is 0 Å². The van der Waals surface area contributed by atoms with Gasteiger partial charge in [0, 0.05) is 18.3 Å². The van der Waals surface area contributed by atoms with Crippen molar-refractivity contribution in [3.8, 4) is 0 Å². The molecule has 0 spiro atoms. The lowest BCUT2D eigenvalue weighted by molar-refractivity contribution is -0.198. The maximum atomic E-state index is 12.1. The van der Waals surface area contributed by atoms with Crippen LogP contribution in [0.5, 0.6) is 0 Å². The number of rotatable bonds is 3. The fraction of sp³-hybridized carbons (Fsp3) is 0.400. The van der Waals surface area contributed by atoms with Gasteiger partial charge in [0.1, 0.15) is 0 Å². The van der Waals surface area contributed by atoms with Crippen molar-refractivity contribution in [2.24, 2.45) is 5.92 Å². The zero-order valence-corrected chi connectivity index (χ0v) is 11.2. The van der Waals surface area contributed by atoms with E-state index in [0.717, 1.165) is 5.56 Å². The van der Waals surface area contributed by atoms with Crippen LogP contribution in [0.25, 0.3) is 0 Å². The molecule has 1 saturated carbocycles. The molecule has 0 N–H and O–H groups in total. The van der Waals surface area contributed by atoms with Gasteiger partial charge in [-0.15, -0.1) is 5.06 Å². The third-order valence-electron chi connectivity index (χ3n) is 4.14. The predicted octanol–water partition coefficient (Wildman–Crippen LogP) is 1.57. The number of carbonyl (C=O) groups is 3. The highest BCUT2D eigenvalue weighted by molar-refractivity contribution is 6.01. The van der Waals surface area contributed by atoms with Crippen LogP contribution in [0.4, 0.5) is 0 Å². The van der Waals surface area contributed by atoms with Crippen molar-refractivity contribution in [3.63, 3.8) is 0 Å². The van der Waals surface area contributed by atoms with Gasteiger partial charge in [0.2, 0.25) is 0 Å². The lowest BCUT2D eigenvalue weighted by Gasteiger charge is -2.15. The number of hydrogen-bond acceptors (Lipinski definition) is 4. The smallest absolute Gasteiger partial charge is 0.330 e. The minimum Gasteiger partial charge on any atom is -0.330 e. The molecule has 2 amide bonds. The molecule has 1 aliphatic carbocycles. The Balaban J connectivity index is 1.69. The Labute approximate surface area is 116 Å². The maximum Gasteiger partial charge on any atom is 0.337 e. The molecular weight excluding hydrogens is 258 g/mol. The zero-order chi connectivity index (χ0) is 14.3. The standard InChI is InChI=1S/C15H15NO4/c1-15(10-5-3-2-4-6-10)9-11(15)14(19)20-16-12(17)7-8-13(16)18/h2-6,11H,7-9H2,1H3/t11-,15-/m1/s1. The number of hydroxylamine groups is 2. The van der Waals surface area contributed by atoms with Crippen molar-refractivity contribution in [1.82, 2.24) is 5.06 Å². The molecule has 1 aromatic rings. The SMILES string of the molecule is C[C@]1(c2ccccc2)C[C@@H]1C(=O)ON1C(=O)CCC1=O. The number of benzene rings is 1. The van der Waals surface area contributed by atoms with Crippen molar-refractivity contribution in [3.05, 3.63) is 35.9 Å². The molecule has 5 nitrogen and oxygen atoms in total. The van der Waals surface area contributed by atoms with Gasteiger partial charge in [-0.3, -0.25) is 9.59 Å². The van der Waals surface area contributed by atoms with Crippen molar-refractivity contribution < 1.29 is 19.2 Å². The van der Waals surface area contributed by atoms with Crippen molar-refractivity contribution in [2.45, 2.75) is 31.6 Å². The lowest BCUT2D eigenvalue weighted by atomic mass is 9.96. The highest BCUT2D eigenvalue weighted by Crippen LogP contribution is 2.54. The van der Waals surface area contributed by atoms with Crippen molar-refractivity contribution in [1.29, 1.82) is 0 Å². The third kappa shape index (κ3) is 1.99. The topological polar surface area (TPSA) is 63.7 Å². The number of imide groups is 1. The second-order valence-electron chi connectivity index (χ2n) is 5.53. The summed E-state index contributed by atoms with van der Waals surface area (Å²) in [5.41, 5.74) is 0.811. The number of amides is 2. The van der Waals surface area contributed by atoms with Gasteiger partial charge in [-0.1, -0.05) is 37.3 Å². The van der Waals surface area contributed by atoms with Crippen LogP contribution in [-0.2, 0) is 24.6 Å². The summed E-state index contributed by atoms with van der Waals surface area (Å²) in [6.07, 6.45) is 0.908. The van der Waals surface area contributed by atoms with Gasteiger partial charge >= 0.3 is 5.97 Å². The summed E-state index contributed by atoms with van der Waals surface area (Å²) in [4.78, 5) is 39.9. The fourth-order valence-electron chi connectivity index (χ4n) is 2.66. The first-order valence-electron chi connectivity index (χ1n) is 6.65. The molecular formula is C15H15NO4. The Morgan fingerprint density at radius 3 is 2.40 bits per heavy atom. The summed E-state index contributed by atoms with van der Waals surface area (Å²) in [6, 6.07) is 9.71. The largest absolute Gasteiger partial charge is 0.337 e. The molecule has 1 aliphatic heterocycles. The molecule has 1 heterocycles. The maximum absolute atomic E-state index is 12.1. The Bertz CT molecular complexity index is 567. The number of hydrogen-bond donors (Lipinski definition) is 0. The lowest BCUT2D eigenvalue weighted by Crippen LogP contribution is -2.33. The quantitative estimate of drug-likeness (QED) is 0.784.